The maximum atomic E-state index is 12.9. The predicted molar refractivity (Wildman–Crippen MR) is 127 cm³/mol. The van der Waals surface area contributed by atoms with Crippen LogP contribution in [0.25, 0.3) is 0 Å². The van der Waals surface area contributed by atoms with E-state index in [0.717, 1.165) is 0 Å². The molecule has 172 valence electrons. The number of amides is 1. The minimum Gasteiger partial charge on any atom is -0.494 e. The third kappa shape index (κ3) is 6.19. The molecule has 0 unspecified atom stereocenters. The van der Waals surface area contributed by atoms with Crippen LogP contribution < -0.4 is 14.8 Å². The molecule has 2 N–H and O–H groups in total. The highest BCUT2D eigenvalue weighted by Gasteiger charge is 2.24. The highest BCUT2D eigenvalue weighted by molar-refractivity contribution is 7.89. The van der Waals surface area contributed by atoms with E-state index in [0.29, 0.717) is 22.9 Å². The molecule has 0 aliphatic carbocycles. The number of benzene rings is 3. The number of carbonyl (C=O) groups excluding carboxylic acids is 2. The van der Waals surface area contributed by atoms with Crippen LogP contribution >= 0.6 is 11.6 Å². The van der Waals surface area contributed by atoms with Gasteiger partial charge < -0.3 is 10.1 Å². The van der Waals surface area contributed by atoms with Gasteiger partial charge in [-0.2, -0.15) is 4.72 Å². The van der Waals surface area contributed by atoms with Crippen LogP contribution in [-0.2, 0) is 14.8 Å². The number of rotatable bonds is 9. The van der Waals surface area contributed by atoms with Crippen molar-refractivity contribution in [3.05, 3.63) is 88.9 Å². The molecule has 0 fully saturated rings. The highest BCUT2D eigenvalue weighted by atomic mass is 35.5. The van der Waals surface area contributed by atoms with Gasteiger partial charge in [-0.05, 0) is 56.3 Å². The maximum absolute atomic E-state index is 12.9. The van der Waals surface area contributed by atoms with Gasteiger partial charge in [0.1, 0.15) is 5.75 Å². The summed E-state index contributed by atoms with van der Waals surface area (Å²) >= 11 is 6.07. The van der Waals surface area contributed by atoms with Gasteiger partial charge in [0.15, 0.2) is 5.78 Å². The van der Waals surface area contributed by atoms with Crippen molar-refractivity contribution in [2.45, 2.75) is 24.8 Å². The number of anilines is 1. The molecule has 0 aliphatic heterocycles. The van der Waals surface area contributed by atoms with Gasteiger partial charge in [-0.3, -0.25) is 9.59 Å². The van der Waals surface area contributed by atoms with Gasteiger partial charge >= 0.3 is 0 Å². The van der Waals surface area contributed by atoms with E-state index in [1.165, 1.54) is 49.4 Å². The molecule has 1 atom stereocenters. The summed E-state index contributed by atoms with van der Waals surface area (Å²) in [5.41, 5.74) is 0.855. The second kappa shape index (κ2) is 10.6. The Kier molecular flexibility index (Phi) is 7.86. The summed E-state index contributed by atoms with van der Waals surface area (Å²) in [6.07, 6.45) is 0. The van der Waals surface area contributed by atoms with Crippen LogP contribution in [0.15, 0.2) is 77.7 Å². The van der Waals surface area contributed by atoms with E-state index in [4.69, 9.17) is 16.3 Å². The number of nitrogens with one attached hydrogen (secondary N) is 2. The molecule has 9 heteroatoms. The lowest BCUT2D eigenvalue weighted by atomic mass is 10.0. The lowest BCUT2D eigenvalue weighted by molar-refractivity contribution is -0.117. The van der Waals surface area contributed by atoms with E-state index in [1.807, 2.05) is 6.92 Å². The van der Waals surface area contributed by atoms with Gasteiger partial charge in [-0.1, -0.05) is 41.9 Å². The van der Waals surface area contributed by atoms with Gasteiger partial charge in [0, 0.05) is 16.1 Å². The molecule has 0 aliphatic rings. The van der Waals surface area contributed by atoms with Crippen LogP contribution in [0.5, 0.6) is 5.75 Å². The molecule has 0 spiro atoms. The van der Waals surface area contributed by atoms with Crippen molar-refractivity contribution >= 4 is 39.0 Å². The van der Waals surface area contributed by atoms with E-state index in [1.54, 1.807) is 30.3 Å². The van der Waals surface area contributed by atoms with E-state index < -0.39 is 22.0 Å². The lowest BCUT2D eigenvalue weighted by Gasteiger charge is -2.16. The zero-order chi connectivity index (χ0) is 24.0. The summed E-state index contributed by atoms with van der Waals surface area (Å²) in [6.45, 7) is 3.70. The molecule has 0 saturated heterocycles. The Bertz CT molecular complexity index is 1250. The van der Waals surface area contributed by atoms with E-state index in [2.05, 4.69) is 10.0 Å². The quantitative estimate of drug-likeness (QED) is 0.440. The van der Waals surface area contributed by atoms with Crippen molar-refractivity contribution in [3.8, 4) is 5.75 Å². The third-order valence-corrected chi connectivity index (χ3v) is 6.48. The molecule has 0 radical (unpaired) electrons. The number of hydrogen-bond acceptors (Lipinski definition) is 5. The summed E-state index contributed by atoms with van der Waals surface area (Å²) < 4.78 is 33.0. The van der Waals surface area contributed by atoms with Crippen LogP contribution in [0.1, 0.15) is 29.8 Å². The van der Waals surface area contributed by atoms with Crippen molar-refractivity contribution in [3.63, 3.8) is 0 Å². The second-order valence-corrected chi connectivity index (χ2v) is 9.27. The molecule has 0 aromatic heterocycles. The second-order valence-electron chi connectivity index (χ2n) is 7.12. The average molecular weight is 487 g/mol. The Morgan fingerprint density at radius 2 is 1.67 bits per heavy atom. The first-order valence-corrected chi connectivity index (χ1v) is 12.0. The monoisotopic (exact) mass is 486 g/mol. The average Bonchev–Trinajstić information content (AvgIpc) is 2.80. The third-order valence-electron chi connectivity index (χ3n) is 4.69. The number of ketones is 1. The van der Waals surface area contributed by atoms with Crippen LogP contribution in [-0.4, -0.2) is 32.8 Å². The molecule has 0 bridgehead atoms. The summed E-state index contributed by atoms with van der Waals surface area (Å²) in [5, 5.41) is 2.95. The van der Waals surface area contributed by atoms with Gasteiger partial charge in [0.25, 0.3) is 0 Å². The number of hydrogen-bond donors (Lipinski definition) is 2. The zero-order valence-corrected chi connectivity index (χ0v) is 19.6. The van der Waals surface area contributed by atoms with Crippen molar-refractivity contribution < 1.29 is 22.7 Å². The zero-order valence-electron chi connectivity index (χ0n) is 18.0. The van der Waals surface area contributed by atoms with Crippen molar-refractivity contribution in [2.75, 3.05) is 11.9 Å². The van der Waals surface area contributed by atoms with Gasteiger partial charge in [-0.15, -0.1) is 0 Å². The first-order chi connectivity index (χ1) is 15.7. The normalized spacial score (nSPS) is 12.1. The SMILES string of the molecule is CCOc1ccc(S(=O)(=O)N[C@H](C)C(=O)Nc2ccc(Cl)cc2C(=O)c2ccccc2)cc1. The summed E-state index contributed by atoms with van der Waals surface area (Å²) in [7, 11) is -3.96. The Hall–Kier alpha value is -3.20. The van der Waals surface area contributed by atoms with E-state index in [9.17, 15) is 18.0 Å². The molecule has 3 aromatic rings. The fourth-order valence-electron chi connectivity index (χ4n) is 3.04. The fraction of sp³-hybridized carbons (Fsp3) is 0.167. The van der Waals surface area contributed by atoms with Crippen molar-refractivity contribution in [1.29, 1.82) is 0 Å². The topological polar surface area (TPSA) is 102 Å². The minimum atomic E-state index is -3.96. The smallest absolute Gasteiger partial charge is 0.242 e. The number of halogens is 1. The largest absolute Gasteiger partial charge is 0.494 e. The molecular weight excluding hydrogens is 464 g/mol. The van der Waals surface area contributed by atoms with Gasteiger partial charge in [0.05, 0.1) is 23.2 Å². The molecule has 0 heterocycles. The Labute approximate surface area is 197 Å². The summed E-state index contributed by atoms with van der Waals surface area (Å²) in [6, 6.07) is 17.8. The predicted octanol–water partition coefficient (Wildman–Crippen LogP) is 4.28. The molecular formula is C24H23ClN2O5S. The Morgan fingerprint density at radius 3 is 2.30 bits per heavy atom. The molecule has 7 nitrogen and oxygen atoms in total. The maximum Gasteiger partial charge on any atom is 0.242 e. The van der Waals surface area contributed by atoms with E-state index in [-0.39, 0.29) is 21.9 Å². The Morgan fingerprint density at radius 1 is 1.00 bits per heavy atom. The number of ether oxygens (including phenoxy) is 1. The van der Waals surface area contributed by atoms with E-state index >= 15 is 0 Å². The van der Waals surface area contributed by atoms with Gasteiger partial charge in [0.2, 0.25) is 15.9 Å². The summed E-state index contributed by atoms with van der Waals surface area (Å²) in [4.78, 5) is 25.7. The fourth-order valence-corrected chi connectivity index (χ4v) is 4.41. The molecule has 3 aromatic carbocycles. The molecule has 33 heavy (non-hydrogen) atoms. The lowest BCUT2D eigenvalue weighted by Crippen LogP contribution is -2.41. The number of carbonyl (C=O) groups is 2. The van der Waals surface area contributed by atoms with Crippen LogP contribution in [0.2, 0.25) is 5.02 Å². The van der Waals surface area contributed by atoms with Crippen molar-refractivity contribution in [2.24, 2.45) is 0 Å². The van der Waals surface area contributed by atoms with Gasteiger partial charge in [-0.25, -0.2) is 8.42 Å². The molecule has 0 saturated carbocycles. The van der Waals surface area contributed by atoms with Crippen LogP contribution in [0.3, 0.4) is 0 Å². The first kappa shape index (κ1) is 24.4. The highest BCUT2D eigenvalue weighted by Crippen LogP contribution is 2.24. The summed E-state index contributed by atoms with van der Waals surface area (Å²) in [5.74, 6) is -0.412. The minimum absolute atomic E-state index is 0.00274. The van der Waals surface area contributed by atoms with Crippen LogP contribution in [0, 0.1) is 0 Å². The van der Waals surface area contributed by atoms with Crippen molar-refractivity contribution in [1.82, 2.24) is 4.72 Å². The standard InChI is InChI=1S/C24H23ClN2O5S/c1-3-32-19-10-12-20(13-11-19)33(30,31)27-16(2)24(29)26-22-14-9-18(25)15-21(22)23(28)17-7-5-4-6-8-17/h4-16,27H,3H2,1-2H3,(H,26,29)/t16-/m1/s1. The number of sulfonamides is 1. The molecule has 1 amide bonds. The Balaban J connectivity index is 1.76. The van der Waals surface area contributed by atoms with Crippen LogP contribution in [0.4, 0.5) is 5.69 Å². The molecule has 3 rings (SSSR count). The first-order valence-electron chi connectivity index (χ1n) is 10.2.